The van der Waals surface area contributed by atoms with Crippen LogP contribution in [0.25, 0.3) is 0 Å². The third kappa shape index (κ3) is 2.95. The van der Waals surface area contributed by atoms with Crippen LogP contribution in [-0.2, 0) is 27.4 Å². The molecule has 0 N–H and O–H groups in total. The van der Waals surface area contributed by atoms with Crippen LogP contribution < -0.4 is 0 Å². The van der Waals surface area contributed by atoms with E-state index in [1.54, 1.807) is 53.9 Å². The van der Waals surface area contributed by atoms with Crippen molar-refractivity contribution in [2.45, 2.75) is 23.4 Å². The number of rotatable bonds is 4. The van der Waals surface area contributed by atoms with Gasteiger partial charge in [-0.3, -0.25) is 4.79 Å². The third-order valence-corrected chi connectivity index (χ3v) is 6.42. The number of carbonyl (C=O) groups excluding carboxylic acids is 1. The Kier molecular flexibility index (Phi) is 4.41. The molecule has 1 fully saturated rings. The molecule has 1 aliphatic rings. The first-order valence-corrected chi connectivity index (χ1v) is 9.40. The maximum atomic E-state index is 12.8. The number of hydrogen-bond donors (Lipinski definition) is 0. The number of hydrogen-bond acceptors (Lipinski definition) is 5. The van der Waals surface area contributed by atoms with Crippen LogP contribution in [0, 0.1) is 0 Å². The molecule has 0 aromatic carbocycles. The van der Waals surface area contributed by atoms with Crippen LogP contribution in [0.1, 0.15) is 12.8 Å². The van der Waals surface area contributed by atoms with Gasteiger partial charge in [-0.25, -0.2) is 18.4 Å². The monoisotopic (exact) mass is 366 g/mol. The fraction of sp³-hybridized carbons (Fsp3) is 0.533. The highest BCUT2D eigenvalue weighted by molar-refractivity contribution is 7.89. The Morgan fingerprint density at radius 2 is 1.92 bits per heavy atom. The van der Waals surface area contributed by atoms with Crippen LogP contribution in [0.3, 0.4) is 0 Å². The van der Waals surface area contributed by atoms with E-state index in [-0.39, 0.29) is 24.0 Å². The summed E-state index contributed by atoms with van der Waals surface area (Å²) in [5.41, 5.74) is -0.809. The first-order chi connectivity index (χ1) is 11.8. The molecule has 1 saturated heterocycles. The fourth-order valence-corrected chi connectivity index (χ4v) is 4.67. The van der Waals surface area contributed by atoms with Gasteiger partial charge < -0.3 is 14.0 Å². The molecule has 136 valence electrons. The molecule has 0 unspecified atom stereocenters. The van der Waals surface area contributed by atoms with Crippen LogP contribution in [0.4, 0.5) is 0 Å². The van der Waals surface area contributed by atoms with Gasteiger partial charge in [0.05, 0.1) is 12.7 Å². The van der Waals surface area contributed by atoms with Gasteiger partial charge in [0.15, 0.2) is 5.03 Å². The standard InChI is InChI=1S/C15H22N6O3S/c1-18(2)14(22)15(20-9-6-16-11-20)4-7-21(8-5-15)25(23,24)13-10-19(3)12-17-13/h6,9-12H,4-5,7-8H2,1-3H3. The number of likely N-dealkylation sites (N-methyl/N-ethyl adjacent to an activating group) is 1. The number of carbonyl (C=O) groups is 1. The van der Waals surface area contributed by atoms with E-state index < -0.39 is 15.6 Å². The van der Waals surface area contributed by atoms with Gasteiger partial charge in [0.25, 0.3) is 10.0 Å². The van der Waals surface area contributed by atoms with Gasteiger partial charge in [-0.2, -0.15) is 4.31 Å². The summed E-state index contributed by atoms with van der Waals surface area (Å²) in [7, 11) is 1.48. The average Bonchev–Trinajstić information content (AvgIpc) is 3.26. The van der Waals surface area contributed by atoms with Gasteiger partial charge in [0.1, 0.15) is 5.54 Å². The zero-order chi connectivity index (χ0) is 18.2. The quantitative estimate of drug-likeness (QED) is 0.752. The zero-order valence-corrected chi connectivity index (χ0v) is 15.3. The Labute approximate surface area is 146 Å². The van der Waals surface area contributed by atoms with Crippen molar-refractivity contribution in [2.75, 3.05) is 27.2 Å². The molecule has 2 aromatic heterocycles. The summed E-state index contributed by atoms with van der Waals surface area (Å²) in [5, 5.41) is 0.0315. The van der Waals surface area contributed by atoms with Crippen molar-refractivity contribution in [3.05, 3.63) is 31.2 Å². The summed E-state index contributed by atoms with van der Waals surface area (Å²) >= 11 is 0. The Balaban J connectivity index is 1.87. The van der Waals surface area contributed by atoms with Gasteiger partial charge in [-0.15, -0.1) is 0 Å². The Hall–Kier alpha value is -2.20. The van der Waals surface area contributed by atoms with Crippen molar-refractivity contribution in [3.8, 4) is 0 Å². The molecule has 1 aliphatic heterocycles. The summed E-state index contributed by atoms with van der Waals surface area (Å²) in [5.74, 6) is -0.0552. The molecule has 0 spiro atoms. The Morgan fingerprint density at radius 3 is 2.40 bits per heavy atom. The first kappa shape index (κ1) is 17.6. The maximum absolute atomic E-state index is 12.8. The van der Waals surface area contributed by atoms with Crippen LogP contribution in [0.5, 0.6) is 0 Å². The van der Waals surface area contributed by atoms with Crippen LogP contribution in [0.2, 0.25) is 0 Å². The highest BCUT2D eigenvalue weighted by atomic mass is 32.2. The van der Waals surface area contributed by atoms with E-state index in [4.69, 9.17) is 0 Å². The van der Waals surface area contributed by atoms with Gasteiger partial charge in [0.2, 0.25) is 5.91 Å². The molecular formula is C15H22N6O3S. The lowest BCUT2D eigenvalue weighted by Gasteiger charge is -2.41. The molecular weight excluding hydrogens is 344 g/mol. The second-order valence-electron chi connectivity index (χ2n) is 6.48. The second kappa shape index (κ2) is 6.26. The second-order valence-corrected chi connectivity index (χ2v) is 8.37. The molecule has 0 radical (unpaired) electrons. The number of imidazole rings is 2. The largest absolute Gasteiger partial charge is 0.347 e. The van der Waals surface area contributed by atoms with Gasteiger partial charge >= 0.3 is 0 Å². The van der Waals surface area contributed by atoms with E-state index in [0.29, 0.717) is 12.8 Å². The van der Waals surface area contributed by atoms with Crippen molar-refractivity contribution in [2.24, 2.45) is 7.05 Å². The van der Waals surface area contributed by atoms with Crippen molar-refractivity contribution in [1.82, 2.24) is 28.3 Å². The number of aryl methyl sites for hydroxylation is 1. The lowest BCUT2D eigenvalue weighted by atomic mass is 9.86. The first-order valence-electron chi connectivity index (χ1n) is 7.96. The van der Waals surface area contributed by atoms with Crippen LogP contribution >= 0.6 is 0 Å². The molecule has 0 atom stereocenters. The van der Waals surface area contributed by atoms with Gasteiger partial charge in [-0.05, 0) is 12.8 Å². The number of piperidine rings is 1. The highest BCUT2D eigenvalue weighted by Gasteiger charge is 2.46. The van der Waals surface area contributed by atoms with Crippen molar-refractivity contribution in [1.29, 1.82) is 0 Å². The molecule has 9 nitrogen and oxygen atoms in total. The molecule has 2 aromatic rings. The molecule has 10 heteroatoms. The minimum atomic E-state index is -3.65. The molecule has 0 bridgehead atoms. The summed E-state index contributed by atoms with van der Waals surface area (Å²) in [6.45, 7) is 0.493. The van der Waals surface area contributed by atoms with E-state index in [1.807, 2.05) is 0 Å². The minimum Gasteiger partial charge on any atom is -0.347 e. The number of nitrogens with zero attached hydrogens (tertiary/aromatic N) is 6. The van der Waals surface area contributed by atoms with Crippen molar-refractivity contribution < 1.29 is 13.2 Å². The summed E-state index contributed by atoms with van der Waals surface area (Å²) in [4.78, 5) is 22.4. The van der Waals surface area contributed by atoms with Crippen LogP contribution in [-0.4, -0.2) is 69.8 Å². The van der Waals surface area contributed by atoms with Gasteiger partial charge in [0, 0.05) is 52.8 Å². The van der Waals surface area contributed by atoms with E-state index in [2.05, 4.69) is 9.97 Å². The molecule has 1 amide bonds. The molecule has 0 aliphatic carbocycles. The summed E-state index contributed by atoms with van der Waals surface area (Å²) in [6, 6.07) is 0. The topological polar surface area (TPSA) is 93.3 Å². The third-order valence-electron chi connectivity index (χ3n) is 4.64. The molecule has 3 heterocycles. The SMILES string of the molecule is CN(C)C(=O)C1(n2ccnc2)CCN(S(=O)(=O)c2cn(C)cn2)CC1. The molecule has 25 heavy (non-hydrogen) atoms. The zero-order valence-electron chi connectivity index (χ0n) is 14.5. The molecule has 3 rings (SSSR count). The molecule has 0 saturated carbocycles. The predicted molar refractivity (Wildman–Crippen MR) is 90.1 cm³/mol. The smallest absolute Gasteiger partial charge is 0.262 e. The lowest BCUT2D eigenvalue weighted by molar-refractivity contribution is -0.140. The minimum absolute atomic E-state index is 0.0315. The highest BCUT2D eigenvalue weighted by Crippen LogP contribution is 2.33. The summed E-state index contributed by atoms with van der Waals surface area (Å²) in [6.07, 6.45) is 8.70. The van der Waals surface area contributed by atoms with E-state index in [9.17, 15) is 13.2 Å². The number of amides is 1. The van der Waals surface area contributed by atoms with E-state index in [0.717, 1.165) is 0 Å². The number of aromatic nitrogens is 4. The van der Waals surface area contributed by atoms with Crippen molar-refractivity contribution in [3.63, 3.8) is 0 Å². The summed E-state index contributed by atoms with van der Waals surface area (Å²) < 4.78 is 30.3. The Morgan fingerprint density at radius 1 is 1.24 bits per heavy atom. The fourth-order valence-electron chi connectivity index (χ4n) is 3.26. The van der Waals surface area contributed by atoms with E-state index in [1.165, 1.54) is 16.8 Å². The normalized spacial score (nSPS) is 18.2. The van der Waals surface area contributed by atoms with Crippen molar-refractivity contribution >= 4 is 15.9 Å². The number of sulfonamides is 1. The average molecular weight is 366 g/mol. The Bertz CT molecular complexity index is 848. The van der Waals surface area contributed by atoms with Gasteiger partial charge in [-0.1, -0.05) is 0 Å². The van der Waals surface area contributed by atoms with Crippen LogP contribution in [0.15, 0.2) is 36.3 Å². The lowest BCUT2D eigenvalue weighted by Crippen LogP contribution is -2.55. The van der Waals surface area contributed by atoms with E-state index >= 15 is 0 Å². The maximum Gasteiger partial charge on any atom is 0.262 e. The predicted octanol–water partition coefficient (Wildman–Crippen LogP) is -0.115.